The molecule has 2 rings (SSSR count). The fraction of sp³-hybridized carbons (Fsp3) is 0.636. The minimum absolute atomic E-state index is 0.388. The number of hydrogen-bond donors (Lipinski definition) is 0. The van der Waals surface area contributed by atoms with Gasteiger partial charge in [-0.15, -0.1) is 0 Å². The second kappa shape index (κ2) is 3.97. The Hall–Kier alpha value is -0.760. The molecule has 0 radical (unpaired) electrons. The van der Waals surface area contributed by atoms with Crippen LogP contribution in [0.15, 0.2) is 22.8 Å². The molecule has 1 aliphatic rings. The van der Waals surface area contributed by atoms with Crippen LogP contribution in [0.1, 0.15) is 25.5 Å². The van der Waals surface area contributed by atoms with Gasteiger partial charge in [-0.1, -0.05) is 0 Å². The Morgan fingerprint density at radius 1 is 1.54 bits per heavy atom. The maximum Gasteiger partial charge on any atom is 0.104 e. The van der Waals surface area contributed by atoms with Gasteiger partial charge in [0.05, 0.1) is 12.4 Å². The molecule has 2 atom stereocenters. The van der Waals surface area contributed by atoms with Crippen molar-refractivity contribution < 1.29 is 9.15 Å². The van der Waals surface area contributed by atoms with E-state index in [0.29, 0.717) is 12.0 Å². The number of ether oxygens (including phenoxy) is 1. The van der Waals surface area contributed by atoms with Crippen LogP contribution in [0.5, 0.6) is 0 Å². The van der Waals surface area contributed by atoms with Gasteiger partial charge in [-0.3, -0.25) is 0 Å². The fourth-order valence-corrected chi connectivity index (χ4v) is 1.94. The molecular formula is C11H16O2. The van der Waals surface area contributed by atoms with Gasteiger partial charge in [0.1, 0.15) is 5.76 Å². The van der Waals surface area contributed by atoms with Crippen molar-refractivity contribution >= 4 is 0 Å². The van der Waals surface area contributed by atoms with Crippen molar-refractivity contribution in [1.82, 2.24) is 0 Å². The molecule has 0 saturated carbocycles. The van der Waals surface area contributed by atoms with Gasteiger partial charge in [0, 0.05) is 13.0 Å². The molecule has 0 N–H and O–H groups in total. The maximum atomic E-state index is 5.60. The molecule has 1 aromatic heterocycles. The normalized spacial score (nSPS) is 29.0. The van der Waals surface area contributed by atoms with Crippen LogP contribution in [0, 0.1) is 5.92 Å². The summed E-state index contributed by atoms with van der Waals surface area (Å²) in [6.07, 6.45) is 5.61. The number of furan rings is 1. The Kier molecular flexibility index (Phi) is 2.69. The highest BCUT2D eigenvalue weighted by Crippen LogP contribution is 2.24. The van der Waals surface area contributed by atoms with Gasteiger partial charge in [-0.25, -0.2) is 0 Å². The van der Waals surface area contributed by atoms with Crippen molar-refractivity contribution in [1.29, 1.82) is 0 Å². The summed E-state index contributed by atoms with van der Waals surface area (Å²) in [5, 5.41) is 0. The van der Waals surface area contributed by atoms with Gasteiger partial charge in [0.15, 0.2) is 0 Å². The van der Waals surface area contributed by atoms with E-state index in [1.54, 1.807) is 6.26 Å². The molecule has 2 heterocycles. The third-order valence-electron chi connectivity index (χ3n) is 2.81. The van der Waals surface area contributed by atoms with Crippen molar-refractivity contribution in [2.24, 2.45) is 5.92 Å². The molecule has 1 aliphatic heterocycles. The predicted octanol–water partition coefficient (Wildman–Crippen LogP) is 2.64. The maximum absolute atomic E-state index is 5.60. The van der Waals surface area contributed by atoms with E-state index in [1.165, 1.54) is 12.8 Å². The average molecular weight is 180 g/mol. The number of hydrogen-bond acceptors (Lipinski definition) is 2. The Labute approximate surface area is 78.9 Å². The molecule has 0 aromatic carbocycles. The van der Waals surface area contributed by atoms with E-state index in [0.717, 1.165) is 18.8 Å². The molecule has 72 valence electrons. The van der Waals surface area contributed by atoms with Crippen molar-refractivity contribution in [3.63, 3.8) is 0 Å². The summed E-state index contributed by atoms with van der Waals surface area (Å²) >= 11 is 0. The molecule has 2 nitrogen and oxygen atoms in total. The zero-order valence-corrected chi connectivity index (χ0v) is 8.03. The minimum Gasteiger partial charge on any atom is -0.469 e. The second-order valence-corrected chi connectivity index (χ2v) is 3.76. The Morgan fingerprint density at radius 3 is 3.15 bits per heavy atom. The van der Waals surface area contributed by atoms with Crippen LogP contribution in [0.4, 0.5) is 0 Å². The third-order valence-corrected chi connectivity index (χ3v) is 2.81. The molecule has 0 spiro atoms. The number of rotatable bonds is 2. The predicted molar refractivity (Wildman–Crippen MR) is 50.6 cm³/mol. The zero-order valence-electron chi connectivity index (χ0n) is 8.03. The first-order valence-electron chi connectivity index (χ1n) is 5.00. The summed E-state index contributed by atoms with van der Waals surface area (Å²) in [4.78, 5) is 0. The van der Waals surface area contributed by atoms with Gasteiger partial charge < -0.3 is 9.15 Å². The topological polar surface area (TPSA) is 22.4 Å². The van der Waals surface area contributed by atoms with Gasteiger partial charge in [0.2, 0.25) is 0 Å². The molecular weight excluding hydrogens is 164 g/mol. The van der Waals surface area contributed by atoms with Gasteiger partial charge in [-0.05, 0) is 37.8 Å². The largest absolute Gasteiger partial charge is 0.469 e. The molecule has 13 heavy (non-hydrogen) atoms. The Morgan fingerprint density at radius 2 is 2.46 bits per heavy atom. The molecule has 0 aliphatic carbocycles. The summed E-state index contributed by atoms with van der Waals surface area (Å²) < 4.78 is 10.9. The summed E-state index contributed by atoms with van der Waals surface area (Å²) in [6.45, 7) is 3.09. The lowest BCUT2D eigenvalue weighted by Crippen LogP contribution is -2.28. The quantitative estimate of drug-likeness (QED) is 0.698. The lowest BCUT2D eigenvalue weighted by Gasteiger charge is -2.28. The Bertz CT molecular complexity index is 241. The van der Waals surface area contributed by atoms with Crippen LogP contribution in [-0.4, -0.2) is 12.7 Å². The molecule has 0 amide bonds. The smallest absolute Gasteiger partial charge is 0.104 e. The van der Waals surface area contributed by atoms with E-state index in [9.17, 15) is 0 Å². The monoisotopic (exact) mass is 180 g/mol. The van der Waals surface area contributed by atoms with Crippen LogP contribution in [0.2, 0.25) is 0 Å². The van der Waals surface area contributed by atoms with Crippen LogP contribution in [0.3, 0.4) is 0 Å². The van der Waals surface area contributed by atoms with E-state index in [4.69, 9.17) is 9.15 Å². The van der Waals surface area contributed by atoms with Crippen molar-refractivity contribution in [2.75, 3.05) is 6.61 Å². The second-order valence-electron chi connectivity index (χ2n) is 3.76. The summed E-state index contributed by atoms with van der Waals surface area (Å²) in [7, 11) is 0. The molecule has 2 unspecified atom stereocenters. The first kappa shape index (κ1) is 8.82. The third kappa shape index (κ3) is 2.13. The molecule has 2 heteroatoms. The molecule has 1 fully saturated rings. The average Bonchev–Trinajstić information content (AvgIpc) is 2.61. The van der Waals surface area contributed by atoms with Crippen LogP contribution in [0.25, 0.3) is 0 Å². The van der Waals surface area contributed by atoms with Crippen molar-refractivity contribution in [2.45, 2.75) is 32.3 Å². The van der Waals surface area contributed by atoms with Crippen molar-refractivity contribution in [3.05, 3.63) is 24.2 Å². The SMILES string of the molecule is CC1OCCCC1Cc1ccco1. The van der Waals surface area contributed by atoms with Crippen LogP contribution < -0.4 is 0 Å². The first-order chi connectivity index (χ1) is 6.36. The van der Waals surface area contributed by atoms with E-state index < -0.39 is 0 Å². The van der Waals surface area contributed by atoms with E-state index in [2.05, 4.69) is 6.92 Å². The molecule has 1 aromatic rings. The highest BCUT2D eigenvalue weighted by molar-refractivity contribution is 5.00. The highest BCUT2D eigenvalue weighted by Gasteiger charge is 2.22. The van der Waals surface area contributed by atoms with E-state index in [-0.39, 0.29) is 0 Å². The summed E-state index contributed by atoms with van der Waals surface area (Å²) in [5.41, 5.74) is 0. The van der Waals surface area contributed by atoms with Gasteiger partial charge >= 0.3 is 0 Å². The lowest BCUT2D eigenvalue weighted by atomic mass is 9.91. The Balaban J connectivity index is 1.93. The van der Waals surface area contributed by atoms with Gasteiger partial charge in [0.25, 0.3) is 0 Å². The van der Waals surface area contributed by atoms with Crippen molar-refractivity contribution in [3.8, 4) is 0 Å². The van der Waals surface area contributed by atoms with Crippen LogP contribution in [-0.2, 0) is 11.2 Å². The lowest BCUT2D eigenvalue weighted by molar-refractivity contribution is -0.0155. The van der Waals surface area contributed by atoms with Gasteiger partial charge in [-0.2, -0.15) is 0 Å². The first-order valence-corrected chi connectivity index (χ1v) is 5.00. The van der Waals surface area contributed by atoms with Crippen LogP contribution >= 0.6 is 0 Å². The summed E-state index contributed by atoms with van der Waals surface area (Å²) in [5.74, 6) is 1.72. The standard InChI is InChI=1S/C11H16O2/c1-9-10(4-2-6-12-9)8-11-5-3-7-13-11/h3,5,7,9-10H,2,4,6,8H2,1H3. The summed E-state index contributed by atoms with van der Waals surface area (Å²) in [6, 6.07) is 3.99. The fourth-order valence-electron chi connectivity index (χ4n) is 1.94. The zero-order chi connectivity index (χ0) is 9.10. The highest BCUT2D eigenvalue weighted by atomic mass is 16.5. The molecule has 1 saturated heterocycles. The minimum atomic E-state index is 0.388. The van der Waals surface area contributed by atoms with E-state index in [1.807, 2.05) is 12.1 Å². The molecule has 0 bridgehead atoms. The van der Waals surface area contributed by atoms with E-state index >= 15 is 0 Å².